The number of benzene rings is 2. The first-order chi connectivity index (χ1) is 10.0. The van der Waals surface area contributed by atoms with Crippen LogP contribution in [-0.2, 0) is 0 Å². The first kappa shape index (κ1) is 13.2. The molecule has 0 aliphatic rings. The van der Waals surface area contributed by atoms with Crippen LogP contribution in [0.25, 0.3) is 22.3 Å². The Morgan fingerprint density at radius 2 is 1.71 bits per heavy atom. The second-order valence-corrected chi connectivity index (χ2v) is 4.36. The summed E-state index contributed by atoms with van der Waals surface area (Å²) in [5.41, 5.74) is -0.973. The highest BCUT2D eigenvalue weighted by molar-refractivity contribution is 5.80. The minimum Gasteiger partial charge on any atom is -0.334 e. The molecule has 0 aliphatic heterocycles. The molecule has 0 spiro atoms. The molecular weight excluding hydrogens is 283 g/mol. The van der Waals surface area contributed by atoms with Crippen LogP contribution < -0.4 is 11.4 Å². The normalized spacial score (nSPS) is 11.0. The third kappa shape index (κ3) is 1.94. The molecule has 0 saturated heterocycles. The lowest BCUT2D eigenvalue weighted by molar-refractivity contribution is 0.452. The van der Waals surface area contributed by atoms with Crippen LogP contribution in [-0.4, -0.2) is 9.66 Å². The minimum atomic E-state index is -1.68. The van der Waals surface area contributed by atoms with E-state index in [0.717, 1.165) is 0 Å². The van der Waals surface area contributed by atoms with E-state index in [0.29, 0.717) is 16.3 Å². The van der Waals surface area contributed by atoms with E-state index in [9.17, 15) is 18.0 Å². The lowest BCUT2D eigenvalue weighted by atomic mass is 10.2. The summed E-state index contributed by atoms with van der Waals surface area (Å²) in [6.07, 6.45) is 0. The molecule has 4 nitrogen and oxygen atoms in total. The fourth-order valence-corrected chi connectivity index (χ4v) is 2.03. The molecule has 106 valence electrons. The van der Waals surface area contributed by atoms with Gasteiger partial charge in [-0.3, -0.25) is 4.79 Å². The van der Waals surface area contributed by atoms with Gasteiger partial charge >= 0.3 is 0 Å². The van der Waals surface area contributed by atoms with Crippen molar-refractivity contribution in [2.45, 2.75) is 0 Å². The monoisotopic (exact) mass is 291 g/mol. The average molecular weight is 291 g/mol. The molecule has 0 radical (unpaired) electrons. The molecule has 7 heteroatoms. The quantitative estimate of drug-likeness (QED) is 0.552. The molecule has 0 amide bonds. The standard InChI is InChI=1S/C14H8F3N3O/c15-9-6-8-12(11(17)10(9)16)19-13(20(18)14(8)21)7-4-2-1-3-5-7/h1-6H,18H2. The van der Waals surface area contributed by atoms with E-state index >= 15 is 0 Å². The van der Waals surface area contributed by atoms with Crippen LogP contribution in [0.15, 0.2) is 41.2 Å². The maximum Gasteiger partial charge on any atom is 0.280 e. The van der Waals surface area contributed by atoms with E-state index < -0.39 is 33.9 Å². The van der Waals surface area contributed by atoms with Crippen molar-refractivity contribution in [2.75, 3.05) is 5.84 Å². The van der Waals surface area contributed by atoms with Crippen molar-refractivity contribution in [3.8, 4) is 11.4 Å². The van der Waals surface area contributed by atoms with Gasteiger partial charge in [-0.25, -0.2) is 22.8 Å². The smallest absolute Gasteiger partial charge is 0.280 e. The summed E-state index contributed by atoms with van der Waals surface area (Å²) in [7, 11) is 0. The summed E-state index contributed by atoms with van der Waals surface area (Å²) < 4.78 is 41.0. The molecule has 1 aromatic heterocycles. The van der Waals surface area contributed by atoms with Crippen LogP contribution in [0.5, 0.6) is 0 Å². The summed E-state index contributed by atoms with van der Waals surface area (Å²) in [5, 5.41) is -0.423. The number of nitrogens with two attached hydrogens (primary N) is 1. The number of halogens is 3. The third-order valence-corrected chi connectivity index (χ3v) is 3.06. The molecule has 0 fully saturated rings. The maximum atomic E-state index is 13.8. The first-order valence-corrected chi connectivity index (χ1v) is 5.91. The SMILES string of the molecule is Nn1c(-c2ccccc2)nc2c(F)c(F)c(F)cc2c1=O. The van der Waals surface area contributed by atoms with E-state index in [1.165, 1.54) is 0 Å². The maximum absolute atomic E-state index is 13.8. The minimum absolute atomic E-state index is 0.0435. The van der Waals surface area contributed by atoms with Crippen molar-refractivity contribution in [1.29, 1.82) is 0 Å². The van der Waals surface area contributed by atoms with Crippen molar-refractivity contribution in [2.24, 2.45) is 0 Å². The Kier molecular flexibility index (Phi) is 2.90. The molecule has 21 heavy (non-hydrogen) atoms. The number of aromatic nitrogens is 2. The van der Waals surface area contributed by atoms with Crippen LogP contribution in [0, 0.1) is 17.5 Å². The third-order valence-electron chi connectivity index (χ3n) is 3.06. The van der Waals surface area contributed by atoms with Crippen LogP contribution in [0.2, 0.25) is 0 Å². The summed E-state index contributed by atoms with van der Waals surface area (Å²) in [6, 6.07) is 8.88. The van der Waals surface area contributed by atoms with Crippen LogP contribution >= 0.6 is 0 Å². The first-order valence-electron chi connectivity index (χ1n) is 5.91. The lowest BCUT2D eigenvalue weighted by Crippen LogP contribution is -2.30. The zero-order chi connectivity index (χ0) is 15.1. The fraction of sp³-hybridized carbons (Fsp3) is 0. The molecule has 2 aromatic carbocycles. The topological polar surface area (TPSA) is 60.9 Å². The van der Waals surface area contributed by atoms with Crippen LogP contribution in [0.4, 0.5) is 13.2 Å². The highest BCUT2D eigenvalue weighted by Gasteiger charge is 2.19. The Balaban J connectivity index is 2.45. The van der Waals surface area contributed by atoms with E-state index in [1.807, 2.05) is 0 Å². The fourth-order valence-electron chi connectivity index (χ4n) is 2.03. The number of fused-ring (bicyclic) bond motifs is 1. The van der Waals surface area contributed by atoms with E-state index in [1.54, 1.807) is 30.3 Å². The predicted molar refractivity (Wildman–Crippen MR) is 71.5 cm³/mol. The zero-order valence-corrected chi connectivity index (χ0v) is 10.5. The van der Waals surface area contributed by atoms with Crippen molar-refractivity contribution < 1.29 is 13.2 Å². The average Bonchev–Trinajstić information content (AvgIpc) is 2.50. The van der Waals surface area contributed by atoms with Crippen molar-refractivity contribution in [1.82, 2.24) is 9.66 Å². The number of rotatable bonds is 1. The largest absolute Gasteiger partial charge is 0.334 e. The Hall–Kier alpha value is -2.83. The van der Waals surface area contributed by atoms with Crippen molar-refractivity contribution >= 4 is 10.9 Å². The Morgan fingerprint density at radius 3 is 2.38 bits per heavy atom. The molecule has 3 aromatic rings. The zero-order valence-electron chi connectivity index (χ0n) is 10.5. The van der Waals surface area contributed by atoms with Crippen LogP contribution in [0.3, 0.4) is 0 Å². The number of hydrogen-bond acceptors (Lipinski definition) is 3. The van der Waals surface area contributed by atoms with Gasteiger partial charge in [-0.15, -0.1) is 0 Å². The van der Waals surface area contributed by atoms with Gasteiger partial charge in [-0.05, 0) is 6.07 Å². The molecule has 0 bridgehead atoms. The van der Waals surface area contributed by atoms with E-state index in [4.69, 9.17) is 5.84 Å². The Labute approximate surface area is 116 Å². The highest BCUT2D eigenvalue weighted by Crippen LogP contribution is 2.22. The molecule has 0 saturated carbocycles. The summed E-state index contributed by atoms with van der Waals surface area (Å²) in [4.78, 5) is 15.9. The van der Waals surface area contributed by atoms with Gasteiger partial charge in [-0.2, -0.15) is 0 Å². The van der Waals surface area contributed by atoms with Crippen LogP contribution in [0.1, 0.15) is 0 Å². The molecular formula is C14H8F3N3O. The van der Waals surface area contributed by atoms with Crippen molar-refractivity contribution in [3.05, 3.63) is 64.2 Å². The van der Waals surface area contributed by atoms with Gasteiger partial charge in [0.1, 0.15) is 5.52 Å². The van der Waals surface area contributed by atoms with E-state index in [2.05, 4.69) is 4.98 Å². The molecule has 1 heterocycles. The van der Waals surface area contributed by atoms with Crippen molar-refractivity contribution in [3.63, 3.8) is 0 Å². The van der Waals surface area contributed by atoms with Gasteiger partial charge in [0, 0.05) is 5.56 Å². The lowest BCUT2D eigenvalue weighted by Gasteiger charge is -2.09. The molecule has 0 unspecified atom stereocenters. The summed E-state index contributed by atoms with van der Waals surface area (Å²) >= 11 is 0. The molecule has 0 aliphatic carbocycles. The number of hydrogen-bond donors (Lipinski definition) is 1. The summed E-state index contributed by atoms with van der Waals surface area (Å²) in [5.74, 6) is 0.920. The highest BCUT2D eigenvalue weighted by atomic mass is 19.2. The van der Waals surface area contributed by atoms with Gasteiger partial charge in [0.05, 0.1) is 5.39 Å². The van der Waals surface area contributed by atoms with Gasteiger partial charge in [0.15, 0.2) is 23.3 Å². The Morgan fingerprint density at radius 1 is 1.05 bits per heavy atom. The predicted octanol–water partition coefficient (Wildman–Crippen LogP) is 2.19. The number of nitrogens with zero attached hydrogens (tertiary/aromatic N) is 2. The second kappa shape index (κ2) is 4.62. The summed E-state index contributed by atoms with van der Waals surface area (Å²) in [6.45, 7) is 0. The Bertz CT molecular complexity index is 907. The van der Waals surface area contributed by atoms with Gasteiger partial charge in [-0.1, -0.05) is 30.3 Å². The van der Waals surface area contributed by atoms with Gasteiger partial charge in [0.25, 0.3) is 5.56 Å². The van der Waals surface area contributed by atoms with Gasteiger partial charge in [0.2, 0.25) is 0 Å². The number of nitrogen functional groups attached to an aromatic ring is 1. The molecule has 3 rings (SSSR count). The van der Waals surface area contributed by atoms with E-state index in [-0.39, 0.29) is 5.82 Å². The molecule has 0 atom stereocenters. The second-order valence-electron chi connectivity index (χ2n) is 4.36. The molecule has 2 N–H and O–H groups in total. The van der Waals surface area contributed by atoms with Gasteiger partial charge < -0.3 is 5.84 Å².